The van der Waals surface area contributed by atoms with E-state index in [-0.39, 0.29) is 0 Å². The third-order valence-corrected chi connectivity index (χ3v) is 4.83. The van der Waals surface area contributed by atoms with Crippen LogP contribution in [0.3, 0.4) is 0 Å². The third-order valence-electron chi connectivity index (χ3n) is 4.83. The van der Waals surface area contributed by atoms with Gasteiger partial charge >= 0.3 is 5.97 Å². The first-order valence-corrected chi connectivity index (χ1v) is 9.58. The van der Waals surface area contributed by atoms with Gasteiger partial charge in [0.25, 0.3) is 0 Å². The SMILES string of the molecule is CCOc1ccc(-c2cnc3c(c2)C(OC(C)=O)c2cccc(C#N)c2C=C3)cn1. The maximum Gasteiger partial charge on any atom is 0.303 e. The molecule has 3 aromatic rings. The van der Waals surface area contributed by atoms with Crippen LogP contribution in [0.4, 0.5) is 0 Å². The zero-order valence-corrected chi connectivity index (χ0v) is 16.6. The summed E-state index contributed by atoms with van der Waals surface area (Å²) in [5, 5.41) is 9.50. The van der Waals surface area contributed by atoms with E-state index in [9.17, 15) is 10.1 Å². The highest BCUT2D eigenvalue weighted by Crippen LogP contribution is 2.37. The molecule has 1 aliphatic rings. The van der Waals surface area contributed by atoms with Crippen molar-refractivity contribution in [3.63, 3.8) is 0 Å². The zero-order chi connectivity index (χ0) is 21.1. The van der Waals surface area contributed by atoms with Gasteiger partial charge in [0, 0.05) is 47.6 Å². The molecule has 6 nitrogen and oxygen atoms in total. The Balaban J connectivity index is 1.84. The minimum absolute atomic E-state index is 0.408. The van der Waals surface area contributed by atoms with E-state index in [1.54, 1.807) is 24.5 Å². The molecule has 1 atom stereocenters. The normalized spacial score (nSPS) is 14.1. The lowest BCUT2D eigenvalue weighted by Crippen LogP contribution is -2.13. The molecule has 0 amide bonds. The summed E-state index contributed by atoms with van der Waals surface area (Å²) in [5.41, 5.74) is 5.15. The number of carbonyl (C=O) groups is 1. The van der Waals surface area contributed by atoms with E-state index in [0.717, 1.165) is 27.8 Å². The molecule has 148 valence electrons. The zero-order valence-electron chi connectivity index (χ0n) is 16.6. The number of fused-ring (bicyclic) bond motifs is 2. The van der Waals surface area contributed by atoms with Crippen molar-refractivity contribution in [3.8, 4) is 23.1 Å². The summed E-state index contributed by atoms with van der Waals surface area (Å²) in [4.78, 5) is 20.8. The number of benzene rings is 1. The van der Waals surface area contributed by atoms with Crippen molar-refractivity contribution in [1.29, 1.82) is 5.26 Å². The Hall–Kier alpha value is -3.98. The average molecular weight is 397 g/mol. The molecule has 2 heterocycles. The Morgan fingerprint density at radius 1 is 1.10 bits per heavy atom. The maximum atomic E-state index is 11.9. The van der Waals surface area contributed by atoms with Crippen LogP contribution in [-0.2, 0) is 9.53 Å². The summed E-state index contributed by atoms with van der Waals surface area (Å²) in [6.45, 7) is 3.83. The number of nitriles is 1. The summed E-state index contributed by atoms with van der Waals surface area (Å²) in [6, 6.07) is 13.3. The fourth-order valence-corrected chi connectivity index (χ4v) is 3.50. The van der Waals surface area contributed by atoms with Gasteiger partial charge in [0.05, 0.1) is 23.9 Å². The average Bonchev–Trinajstić information content (AvgIpc) is 2.91. The van der Waals surface area contributed by atoms with Crippen LogP contribution in [0.15, 0.2) is 48.8 Å². The van der Waals surface area contributed by atoms with Crippen LogP contribution in [0.25, 0.3) is 23.3 Å². The van der Waals surface area contributed by atoms with Crippen LogP contribution >= 0.6 is 0 Å². The number of esters is 1. The largest absolute Gasteiger partial charge is 0.478 e. The minimum Gasteiger partial charge on any atom is -0.478 e. The van der Waals surface area contributed by atoms with Crippen LogP contribution in [-0.4, -0.2) is 22.5 Å². The van der Waals surface area contributed by atoms with Crippen molar-refractivity contribution in [2.24, 2.45) is 0 Å². The van der Waals surface area contributed by atoms with Gasteiger partial charge in [0.1, 0.15) is 0 Å². The van der Waals surface area contributed by atoms with Crippen LogP contribution in [0.2, 0.25) is 0 Å². The second-order valence-electron chi connectivity index (χ2n) is 6.76. The molecular formula is C24H19N3O3. The van der Waals surface area contributed by atoms with Crippen LogP contribution in [0.1, 0.15) is 47.9 Å². The Kier molecular flexibility index (Phi) is 5.27. The highest BCUT2D eigenvalue weighted by Gasteiger charge is 2.26. The van der Waals surface area contributed by atoms with Crippen molar-refractivity contribution in [2.75, 3.05) is 6.61 Å². The first-order valence-electron chi connectivity index (χ1n) is 9.58. The molecule has 1 aromatic carbocycles. The van der Waals surface area contributed by atoms with Crippen molar-refractivity contribution in [3.05, 3.63) is 76.7 Å². The van der Waals surface area contributed by atoms with Gasteiger partial charge < -0.3 is 9.47 Å². The molecule has 0 spiro atoms. The van der Waals surface area contributed by atoms with Gasteiger partial charge in [-0.3, -0.25) is 9.78 Å². The molecule has 0 aliphatic heterocycles. The molecule has 6 heteroatoms. The minimum atomic E-state index is -0.668. The standard InChI is InChI=1S/C24H19N3O3/c1-3-29-23-10-7-17(13-27-23)18-11-21-22(26-14-18)9-8-19-16(12-25)5-4-6-20(19)24(21)30-15(2)28/h4-11,13-14,24H,3H2,1-2H3. The number of ether oxygens (including phenoxy) is 2. The second-order valence-corrected chi connectivity index (χ2v) is 6.76. The Labute approximate surface area is 174 Å². The highest BCUT2D eigenvalue weighted by atomic mass is 16.5. The molecule has 0 N–H and O–H groups in total. The molecule has 0 radical (unpaired) electrons. The lowest BCUT2D eigenvalue weighted by Gasteiger charge is -2.21. The van der Waals surface area contributed by atoms with Crippen LogP contribution in [0.5, 0.6) is 5.88 Å². The molecule has 0 bridgehead atoms. The molecule has 0 saturated carbocycles. The number of hydrogen-bond acceptors (Lipinski definition) is 6. The monoisotopic (exact) mass is 397 g/mol. The number of nitrogens with zero attached hydrogens (tertiary/aromatic N) is 3. The highest BCUT2D eigenvalue weighted by molar-refractivity contribution is 5.79. The summed E-state index contributed by atoms with van der Waals surface area (Å²) in [7, 11) is 0. The number of rotatable bonds is 4. The molecule has 1 aliphatic carbocycles. The van der Waals surface area contributed by atoms with Gasteiger partial charge in [-0.1, -0.05) is 18.2 Å². The number of carbonyl (C=O) groups excluding carboxylic acids is 1. The fourth-order valence-electron chi connectivity index (χ4n) is 3.50. The summed E-state index contributed by atoms with van der Waals surface area (Å²) >= 11 is 0. The number of pyridine rings is 2. The summed E-state index contributed by atoms with van der Waals surface area (Å²) < 4.78 is 11.1. The van der Waals surface area contributed by atoms with E-state index in [1.807, 2.05) is 43.3 Å². The first-order chi connectivity index (χ1) is 14.6. The van der Waals surface area contributed by atoms with Gasteiger partial charge in [-0.05, 0) is 36.8 Å². The van der Waals surface area contributed by atoms with E-state index in [0.29, 0.717) is 23.7 Å². The smallest absolute Gasteiger partial charge is 0.303 e. The quantitative estimate of drug-likeness (QED) is 0.601. The lowest BCUT2D eigenvalue weighted by atomic mass is 9.94. The summed E-state index contributed by atoms with van der Waals surface area (Å²) in [5.74, 6) is 0.150. The molecule has 0 fully saturated rings. The molecule has 2 aromatic heterocycles. The number of hydrogen-bond donors (Lipinski definition) is 0. The predicted molar refractivity (Wildman–Crippen MR) is 112 cm³/mol. The van der Waals surface area contributed by atoms with Crippen molar-refractivity contribution >= 4 is 18.1 Å². The maximum absolute atomic E-state index is 11.9. The Morgan fingerprint density at radius 2 is 1.93 bits per heavy atom. The van der Waals surface area contributed by atoms with Gasteiger partial charge in [-0.25, -0.2) is 4.98 Å². The second kappa shape index (κ2) is 8.18. The number of aromatic nitrogens is 2. The van der Waals surface area contributed by atoms with E-state index in [2.05, 4.69) is 16.0 Å². The molecule has 0 saturated heterocycles. The van der Waals surface area contributed by atoms with Gasteiger partial charge in [0.2, 0.25) is 5.88 Å². The molecular weight excluding hydrogens is 378 g/mol. The van der Waals surface area contributed by atoms with Gasteiger partial charge in [-0.2, -0.15) is 5.26 Å². The fraction of sp³-hybridized carbons (Fsp3) is 0.167. The third kappa shape index (κ3) is 3.65. The molecule has 30 heavy (non-hydrogen) atoms. The van der Waals surface area contributed by atoms with E-state index >= 15 is 0 Å². The van der Waals surface area contributed by atoms with Crippen molar-refractivity contribution in [2.45, 2.75) is 20.0 Å². The van der Waals surface area contributed by atoms with E-state index in [1.165, 1.54) is 6.92 Å². The van der Waals surface area contributed by atoms with Gasteiger partial charge in [0.15, 0.2) is 6.10 Å². The predicted octanol–water partition coefficient (Wildman–Crippen LogP) is 4.55. The van der Waals surface area contributed by atoms with E-state index < -0.39 is 12.1 Å². The molecule has 1 unspecified atom stereocenters. The van der Waals surface area contributed by atoms with Crippen LogP contribution < -0.4 is 4.74 Å². The topological polar surface area (TPSA) is 85.1 Å². The van der Waals surface area contributed by atoms with E-state index in [4.69, 9.17) is 9.47 Å². The Morgan fingerprint density at radius 3 is 2.63 bits per heavy atom. The van der Waals surface area contributed by atoms with Crippen molar-refractivity contribution < 1.29 is 14.3 Å². The molecule has 4 rings (SSSR count). The first kappa shape index (κ1) is 19.3. The van der Waals surface area contributed by atoms with Gasteiger partial charge in [-0.15, -0.1) is 0 Å². The Bertz CT molecular complexity index is 1180. The van der Waals surface area contributed by atoms with Crippen LogP contribution in [0, 0.1) is 11.3 Å². The van der Waals surface area contributed by atoms with Crippen molar-refractivity contribution in [1.82, 2.24) is 9.97 Å². The summed E-state index contributed by atoms with van der Waals surface area (Å²) in [6.07, 6.45) is 6.51. The lowest BCUT2D eigenvalue weighted by molar-refractivity contribution is -0.144.